The second-order valence-corrected chi connectivity index (χ2v) is 9.09. The van der Waals surface area contributed by atoms with Crippen LogP contribution in [0.2, 0.25) is 0 Å². The van der Waals surface area contributed by atoms with Crippen molar-refractivity contribution in [3.05, 3.63) is 64.5 Å². The lowest BCUT2D eigenvalue weighted by Gasteiger charge is -2.31. The highest BCUT2D eigenvalue weighted by atomic mass is 32.2. The minimum atomic E-state index is -3.66. The van der Waals surface area contributed by atoms with Crippen LogP contribution in [0.4, 0.5) is 4.39 Å². The molecule has 5 heteroatoms. The van der Waals surface area contributed by atoms with E-state index in [0.29, 0.717) is 17.9 Å². The van der Waals surface area contributed by atoms with Gasteiger partial charge in [-0.3, -0.25) is 0 Å². The van der Waals surface area contributed by atoms with E-state index >= 15 is 0 Å². The molecule has 0 amide bonds. The SMILES string of the molecule is Cc1cc(C)c(S(=O)(=O)N2CCCCCC2c2cccc(F)c2)c(C)c1. The third kappa shape index (κ3) is 3.69. The van der Waals surface area contributed by atoms with Crippen LogP contribution in [0.1, 0.15) is 54.0 Å². The molecule has 0 aliphatic carbocycles. The van der Waals surface area contributed by atoms with Crippen LogP contribution in [0, 0.1) is 26.6 Å². The Balaban J connectivity index is 2.11. The van der Waals surface area contributed by atoms with E-state index in [1.165, 1.54) is 12.1 Å². The van der Waals surface area contributed by atoms with E-state index in [1.807, 2.05) is 39.0 Å². The number of aryl methyl sites for hydroxylation is 3. The Labute approximate surface area is 155 Å². The smallest absolute Gasteiger partial charge is 0.207 e. The van der Waals surface area contributed by atoms with Gasteiger partial charge >= 0.3 is 0 Å². The van der Waals surface area contributed by atoms with Gasteiger partial charge < -0.3 is 0 Å². The van der Waals surface area contributed by atoms with Gasteiger partial charge in [-0.2, -0.15) is 4.31 Å². The van der Waals surface area contributed by atoms with Crippen LogP contribution in [0.5, 0.6) is 0 Å². The standard InChI is InChI=1S/C21H26FNO2S/c1-15-12-16(2)21(17(3)13-15)26(24,25)23-11-6-4-5-10-20(23)18-8-7-9-19(22)14-18/h7-9,12-14,20H,4-6,10-11H2,1-3H3. The Kier molecular flexibility index (Phi) is 5.49. The second kappa shape index (κ2) is 7.49. The van der Waals surface area contributed by atoms with Crippen LogP contribution in [0.15, 0.2) is 41.3 Å². The van der Waals surface area contributed by atoms with Crippen molar-refractivity contribution in [2.45, 2.75) is 57.4 Å². The quantitative estimate of drug-likeness (QED) is 0.752. The number of sulfonamides is 1. The first-order valence-electron chi connectivity index (χ1n) is 9.16. The number of halogens is 1. The molecule has 0 spiro atoms. The molecular weight excluding hydrogens is 349 g/mol. The first-order chi connectivity index (χ1) is 12.3. The average molecular weight is 376 g/mol. The van der Waals surface area contributed by atoms with E-state index in [4.69, 9.17) is 0 Å². The van der Waals surface area contributed by atoms with Crippen molar-refractivity contribution in [3.63, 3.8) is 0 Å². The first kappa shape index (κ1) is 19.1. The van der Waals surface area contributed by atoms with Gasteiger partial charge in [-0.25, -0.2) is 12.8 Å². The molecule has 1 aliphatic heterocycles. The predicted molar refractivity (Wildman–Crippen MR) is 102 cm³/mol. The molecule has 1 heterocycles. The van der Waals surface area contributed by atoms with E-state index in [1.54, 1.807) is 10.4 Å². The fraction of sp³-hybridized carbons (Fsp3) is 0.429. The van der Waals surface area contributed by atoms with Crippen molar-refractivity contribution < 1.29 is 12.8 Å². The molecule has 1 unspecified atom stereocenters. The Morgan fingerprint density at radius 1 is 1.00 bits per heavy atom. The van der Waals surface area contributed by atoms with Gasteiger partial charge in [0.25, 0.3) is 0 Å². The zero-order chi connectivity index (χ0) is 18.9. The van der Waals surface area contributed by atoms with E-state index in [-0.39, 0.29) is 11.9 Å². The summed E-state index contributed by atoms with van der Waals surface area (Å²) in [4.78, 5) is 0.395. The molecule has 140 valence electrons. The summed E-state index contributed by atoms with van der Waals surface area (Å²) in [5.74, 6) is -0.327. The minimum absolute atomic E-state index is 0.321. The summed E-state index contributed by atoms with van der Waals surface area (Å²) < 4.78 is 42.6. The van der Waals surface area contributed by atoms with Gasteiger partial charge in [0.2, 0.25) is 10.0 Å². The number of rotatable bonds is 3. The van der Waals surface area contributed by atoms with Gasteiger partial charge in [-0.1, -0.05) is 42.7 Å². The van der Waals surface area contributed by atoms with Crippen LogP contribution in [-0.2, 0) is 10.0 Å². The van der Waals surface area contributed by atoms with Crippen molar-refractivity contribution in [1.82, 2.24) is 4.31 Å². The molecule has 2 aromatic carbocycles. The van der Waals surface area contributed by atoms with Crippen molar-refractivity contribution >= 4 is 10.0 Å². The molecule has 3 nitrogen and oxygen atoms in total. The Bertz CT molecular complexity index is 885. The number of hydrogen-bond donors (Lipinski definition) is 0. The average Bonchev–Trinajstić information content (AvgIpc) is 2.80. The summed E-state index contributed by atoms with van der Waals surface area (Å²) in [7, 11) is -3.66. The molecule has 26 heavy (non-hydrogen) atoms. The van der Waals surface area contributed by atoms with Gasteiger partial charge in [0.05, 0.1) is 10.9 Å². The molecule has 1 atom stereocenters. The largest absolute Gasteiger partial charge is 0.244 e. The molecular formula is C21H26FNO2S. The normalized spacial score (nSPS) is 19.3. The van der Waals surface area contributed by atoms with Crippen molar-refractivity contribution in [2.75, 3.05) is 6.54 Å². The maximum atomic E-state index is 13.8. The van der Waals surface area contributed by atoms with Crippen molar-refractivity contribution in [1.29, 1.82) is 0 Å². The maximum absolute atomic E-state index is 13.8. The summed E-state index contributed by atoms with van der Waals surface area (Å²) in [6.45, 7) is 6.14. The molecule has 0 aromatic heterocycles. The highest BCUT2D eigenvalue weighted by Gasteiger charge is 2.35. The molecule has 2 aromatic rings. The molecule has 0 N–H and O–H groups in total. The zero-order valence-corrected chi connectivity index (χ0v) is 16.4. The summed E-state index contributed by atoms with van der Waals surface area (Å²) in [6, 6.07) is 9.85. The highest BCUT2D eigenvalue weighted by Crippen LogP contribution is 2.36. The molecule has 0 bridgehead atoms. The summed E-state index contributed by atoms with van der Waals surface area (Å²) in [5, 5.41) is 0. The number of nitrogens with zero attached hydrogens (tertiary/aromatic N) is 1. The third-order valence-electron chi connectivity index (χ3n) is 5.11. The highest BCUT2D eigenvalue weighted by molar-refractivity contribution is 7.89. The van der Waals surface area contributed by atoms with Gasteiger partial charge in [0.1, 0.15) is 5.82 Å². The first-order valence-corrected chi connectivity index (χ1v) is 10.6. The van der Waals surface area contributed by atoms with E-state index < -0.39 is 10.0 Å². The van der Waals surface area contributed by atoms with Crippen LogP contribution in [0.3, 0.4) is 0 Å². The van der Waals surface area contributed by atoms with Crippen LogP contribution < -0.4 is 0 Å². The molecule has 1 fully saturated rings. The Hall–Kier alpha value is -1.72. The van der Waals surface area contributed by atoms with Crippen LogP contribution in [0.25, 0.3) is 0 Å². The van der Waals surface area contributed by atoms with Gasteiger partial charge in [0.15, 0.2) is 0 Å². The molecule has 1 aliphatic rings. The van der Waals surface area contributed by atoms with Crippen LogP contribution >= 0.6 is 0 Å². The third-order valence-corrected chi connectivity index (χ3v) is 7.32. The zero-order valence-electron chi connectivity index (χ0n) is 15.6. The van der Waals surface area contributed by atoms with Gasteiger partial charge in [-0.15, -0.1) is 0 Å². The summed E-state index contributed by atoms with van der Waals surface area (Å²) >= 11 is 0. The summed E-state index contributed by atoms with van der Waals surface area (Å²) in [5.41, 5.74) is 3.32. The maximum Gasteiger partial charge on any atom is 0.244 e. The fourth-order valence-electron chi connectivity index (χ4n) is 4.11. The number of benzene rings is 2. The fourth-order valence-corrected chi connectivity index (χ4v) is 6.21. The molecule has 0 saturated carbocycles. The van der Waals surface area contributed by atoms with Gasteiger partial charge in [0, 0.05) is 6.54 Å². The minimum Gasteiger partial charge on any atom is -0.207 e. The second-order valence-electron chi connectivity index (χ2n) is 7.26. The predicted octanol–water partition coefficient (Wildman–Crippen LogP) is 5.06. The molecule has 0 radical (unpaired) electrons. The number of hydrogen-bond acceptors (Lipinski definition) is 2. The topological polar surface area (TPSA) is 37.4 Å². The monoisotopic (exact) mass is 375 g/mol. The lowest BCUT2D eigenvalue weighted by atomic mass is 10.0. The van der Waals surface area contributed by atoms with E-state index in [9.17, 15) is 12.8 Å². The van der Waals surface area contributed by atoms with Crippen molar-refractivity contribution in [2.24, 2.45) is 0 Å². The Morgan fingerprint density at radius 3 is 2.35 bits per heavy atom. The van der Waals surface area contributed by atoms with E-state index in [0.717, 1.165) is 41.5 Å². The van der Waals surface area contributed by atoms with Crippen LogP contribution in [-0.4, -0.2) is 19.3 Å². The Morgan fingerprint density at radius 2 is 1.69 bits per heavy atom. The molecule has 1 saturated heterocycles. The van der Waals surface area contributed by atoms with Gasteiger partial charge in [-0.05, 0) is 62.4 Å². The summed E-state index contributed by atoms with van der Waals surface area (Å²) in [6.07, 6.45) is 3.48. The molecule has 3 rings (SSSR count). The lowest BCUT2D eigenvalue weighted by Crippen LogP contribution is -2.35. The lowest BCUT2D eigenvalue weighted by molar-refractivity contribution is 0.327. The van der Waals surface area contributed by atoms with E-state index in [2.05, 4.69) is 0 Å². The van der Waals surface area contributed by atoms with Crippen molar-refractivity contribution in [3.8, 4) is 0 Å².